The molecule has 1 aromatic rings. The van der Waals surface area contributed by atoms with Crippen molar-refractivity contribution in [3.63, 3.8) is 0 Å². The second-order valence-electron chi connectivity index (χ2n) is 4.78. The van der Waals surface area contributed by atoms with E-state index in [2.05, 4.69) is 9.88 Å². The molecule has 1 saturated heterocycles. The summed E-state index contributed by atoms with van der Waals surface area (Å²) in [5, 5.41) is 9.74. The lowest BCUT2D eigenvalue weighted by Crippen LogP contribution is -2.32. The Labute approximate surface area is 100 Å². The van der Waals surface area contributed by atoms with Gasteiger partial charge in [0.25, 0.3) is 0 Å². The van der Waals surface area contributed by atoms with Crippen molar-refractivity contribution >= 4 is 17.4 Å². The van der Waals surface area contributed by atoms with Crippen molar-refractivity contribution < 1.29 is 5.11 Å². The van der Waals surface area contributed by atoms with Gasteiger partial charge in [-0.3, -0.25) is 0 Å². The van der Waals surface area contributed by atoms with Gasteiger partial charge < -0.3 is 10.0 Å². The zero-order valence-corrected chi connectivity index (χ0v) is 9.82. The van der Waals surface area contributed by atoms with Gasteiger partial charge in [-0.1, -0.05) is 11.6 Å². The quantitative estimate of drug-likeness (QED) is 0.858. The summed E-state index contributed by atoms with van der Waals surface area (Å²) in [6.45, 7) is 1.10. The first-order valence-corrected chi connectivity index (χ1v) is 6.17. The van der Waals surface area contributed by atoms with E-state index < -0.39 is 0 Å². The highest BCUT2D eigenvalue weighted by atomic mass is 35.5. The smallest absolute Gasteiger partial charge is 0.129 e. The Balaban J connectivity index is 1.89. The molecule has 0 spiro atoms. The Kier molecular flexibility index (Phi) is 2.52. The maximum absolute atomic E-state index is 9.19. The van der Waals surface area contributed by atoms with Crippen molar-refractivity contribution in [3.05, 3.63) is 22.8 Å². The number of anilines is 1. The molecule has 2 fully saturated rings. The molecule has 2 aliphatic rings. The van der Waals surface area contributed by atoms with Gasteiger partial charge >= 0.3 is 0 Å². The van der Waals surface area contributed by atoms with E-state index in [9.17, 15) is 5.11 Å². The minimum absolute atomic E-state index is 0.0176. The summed E-state index contributed by atoms with van der Waals surface area (Å²) >= 11 is 5.94. The summed E-state index contributed by atoms with van der Waals surface area (Å²) in [6.07, 6.45) is 5.60. The van der Waals surface area contributed by atoms with Crippen LogP contribution in [0.2, 0.25) is 5.02 Å². The molecule has 2 heterocycles. The third-order valence-corrected chi connectivity index (χ3v) is 4.13. The molecule has 1 N–H and O–H groups in total. The molecule has 2 atom stereocenters. The fourth-order valence-electron chi connectivity index (χ4n) is 2.95. The van der Waals surface area contributed by atoms with Crippen LogP contribution in [0, 0.1) is 5.92 Å². The number of hydrogen-bond acceptors (Lipinski definition) is 3. The van der Waals surface area contributed by atoms with Gasteiger partial charge in [0.2, 0.25) is 0 Å². The van der Waals surface area contributed by atoms with Gasteiger partial charge in [0.1, 0.15) is 5.82 Å². The molecule has 1 saturated carbocycles. The number of nitrogens with zero attached hydrogens (tertiary/aromatic N) is 2. The number of rotatable bonds is 2. The number of aromatic nitrogens is 1. The van der Waals surface area contributed by atoms with Gasteiger partial charge in [-0.2, -0.15) is 0 Å². The number of piperidine rings is 1. The molecule has 2 unspecified atom stereocenters. The van der Waals surface area contributed by atoms with E-state index in [1.54, 1.807) is 6.20 Å². The van der Waals surface area contributed by atoms with Crippen molar-refractivity contribution in [2.45, 2.75) is 31.9 Å². The fourth-order valence-corrected chi connectivity index (χ4v) is 3.11. The number of halogens is 1. The predicted octanol–water partition coefficient (Wildman–Crippen LogP) is 2.22. The molecule has 0 radical (unpaired) electrons. The number of aliphatic hydroxyl groups is 1. The zero-order valence-electron chi connectivity index (χ0n) is 9.06. The highest BCUT2D eigenvalue weighted by Crippen LogP contribution is 2.39. The lowest BCUT2D eigenvalue weighted by molar-refractivity contribution is 0.282. The monoisotopic (exact) mass is 238 g/mol. The SMILES string of the molecule is OCc1cc(N2CC3CCC2C3)ncc1Cl. The molecule has 1 aliphatic heterocycles. The molecule has 16 heavy (non-hydrogen) atoms. The lowest BCUT2D eigenvalue weighted by Gasteiger charge is -2.28. The largest absolute Gasteiger partial charge is 0.392 e. The molecular formula is C12H15ClN2O. The standard InChI is InChI=1S/C12H15ClN2O/c13-11-5-14-12(4-9(11)7-16)15-6-8-1-2-10(15)3-8/h4-5,8,10,16H,1-3,6-7H2. The second-order valence-corrected chi connectivity index (χ2v) is 5.18. The second kappa shape index (κ2) is 3.90. The lowest BCUT2D eigenvalue weighted by atomic mass is 10.1. The van der Waals surface area contributed by atoms with Crippen molar-refractivity contribution in [2.24, 2.45) is 5.92 Å². The van der Waals surface area contributed by atoms with E-state index in [0.717, 1.165) is 23.8 Å². The van der Waals surface area contributed by atoms with Crippen LogP contribution < -0.4 is 4.90 Å². The van der Waals surface area contributed by atoms with Crippen LogP contribution in [-0.2, 0) is 6.61 Å². The van der Waals surface area contributed by atoms with E-state index in [1.165, 1.54) is 19.3 Å². The van der Waals surface area contributed by atoms with E-state index in [-0.39, 0.29) is 6.61 Å². The fraction of sp³-hybridized carbons (Fsp3) is 0.583. The van der Waals surface area contributed by atoms with Gasteiger partial charge in [0.05, 0.1) is 11.6 Å². The first-order chi connectivity index (χ1) is 7.78. The first kappa shape index (κ1) is 10.4. The van der Waals surface area contributed by atoms with E-state index in [0.29, 0.717) is 11.1 Å². The Morgan fingerprint density at radius 2 is 2.38 bits per heavy atom. The van der Waals surface area contributed by atoms with Crippen molar-refractivity contribution in [3.8, 4) is 0 Å². The van der Waals surface area contributed by atoms with Gasteiger partial charge in [0.15, 0.2) is 0 Å². The Morgan fingerprint density at radius 3 is 3.00 bits per heavy atom. The third-order valence-electron chi connectivity index (χ3n) is 3.79. The Bertz CT molecular complexity index is 410. The first-order valence-electron chi connectivity index (χ1n) is 5.80. The van der Waals surface area contributed by atoms with Gasteiger partial charge in [-0.15, -0.1) is 0 Å². The summed E-state index contributed by atoms with van der Waals surface area (Å²) in [7, 11) is 0. The third kappa shape index (κ3) is 1.59. The van der Waals surface area contributed by atoms with Crippen LogP contribution in [0.1, 0.15) is 24.8 Å². The van der Waals surface area contributed by atoms with Crippen LogP contribution in [0.15, 0.2) is 12.3 Å². The predicted molar refractivity (Wildman–Crippen MR) is 63.6 cm³/mol. The molecule has 4 heteroatoms. The van der Waals surface area contributed by atoms with Gasteiger partial charge in [-0.25, -0.2) is 4.98 Å². The number of fused-ring (bicyclic) bond motifs is 2. The van der Waals surface area contributed by atoms with Crippen LogP contribution in [0.5, 0.6) is 0 Å². The van der Waals surface area contributed by atoms with Crippen molar-refractivity contribution in [2.75, 3.05) is 11.4 Å². The van der Waals surface area contributed by atoms with E-state index >= 15 is 0 Å². The minimum Gasteiger partial charge on any atom is -0.392 e. The van der Waals surface area contributed by atoms with E-state index in [4.69, 9.17) is 11.6 Å². The zero-order chi connectivity index (χ0) is 11.1. The topological polar surface area (TPSA) is 36.4 Å². The molecule has 0 amide bonds. The van der Waals surface area contributed by atoms with E-state index in [1.807, 2.05) is 6.07 Å². The van der Waals surface area contributed by atoms with Gasteiger partial charge in [0, 0.05) is 24.3 Å². The summed E-state index contributed by atoms with van der Waals surface area (Å²) in [5.74, 6) is 1.82. The van der Waals surface area contributed by atoms with Crippen LogP contribution in [0.3, 0.4) is 0 Å². The minimum atomic E-state index is -0.0176. The molecule has 3 rings (SSSR count). The number of hydrogen-bond donors (Lipinski definition) is 1. The highest BCUT2D eigenvalue weighted by molar-refractivity contribution is 6.31. The summed E-state index contributed by atoms with van der Waals surface area (Å²) < 4.78 is 0. The van der Waals surface area contributed by atoms with Crippen LogP contribution in [0.25, 0.3) is 0 Å². The highest BCUT2D eigenvalue weighted by Gasteiger charge is 2.38. The molecule has 3 nitrogen and oxygen atoms in total. The summed E-state index contributed by atoms with van der Waals surface area (Å²) in [5.41, 5.74) is 0.773. The maximum atomic E-state index is 9.19. The molecule has 2 bridgehead atoms. The molecule has 0 aromatic carbocycles. The van der Waals surface area contributed by atoms with Crippen LogP contribution in [0.4, 0.5) is 5.82 Å². The number of pyridine rings is 1. The maximum Gasteiger partial charge on any atom is 0.129 e. The Hall–Kier alpha value is -0.800. The average Bonchev–Trinajstić information content (AvgIpc) is 2.91. The van der Waals surface area contributed by atoms with Crippen molar-refractivity contribution in [1.82, 2.24) is 4.98 Å². The molecule has 1 aliphatic carbocycles. The van der Waals surface area contributed by atoms with Crippen LogP contribution in [-0.4, -0.2) is 22.7 Å². The normalized spacial score (nSPS) is 27.8. The summed E-state index contributed by atoms with van der Waals surface area (Å²) in [4.78, 5) is 6.74. The summed E-state index contributed by atoms with van der Waals surface area (Å²) in [6, 6.07) is 2.58. The average molecular weight is 239 g/mol. The molecule has 86 valence electrons. The Morgan fingerprint density at radius 1 is 1.50 bits per heavy atom. The molecular weight excluding hydrogens is 224 g/mol. The van der Waals surface area contributed by atoms with Crippen molar-refractivity contribution in [1.29, 1.82) is 0 Å². The van der Waals surface area contributed by atoms with Gasteiger partial charge in [-0.05, 0) is 31.2 Å². The number of aliphatic hydroxyl groups excluding tert-OH is 1. The molecule has 1 aromatic heterocycles. The van der Waals surface area contributed by atoms with Crippen LogP contribution >= 0.6 is 11.6 Å².